The summed E-state index contributed by atoms with van der Waals surface area (Å²) in [6.07, 6.45) is 5.14. The lowest BCUT2D eigenvalue weighted by atomic mass is 9.77. The van der Waals surface area contributed by atoms with Gasteiger partial charge in [-0.3, -0.25) is 4.90 Å². The zero-order chi connectivity index (χ0) is 14.3. The van der Waals surface area contributed by atoms with Gasteiger partial charge < -0.3 is 5.21 Å². The van der Waals surface area contributed by atoms with Crippen molar-refractivity contribution in [2.24, 2.45) is 11.1 Å². The molecule has 108 valence electrons. The Kier molecular flexibility index (Phi) is 3.93. The molecule has 1 aromatic rings. The minimum absolute atomic E-state index is 0.223. The standard InChI is InChI=1S/C15H18Cl2N2O/c1-19-10-3-5-15(19)12(8-18-20)11(7-10)9-2-4-13(16)14(17)6-9/h2,4,6,8,10-12,15,20H,3,5,7H2,1H3/b18-8-/t10-,11?,12?,15+/m0/s1. The number of hydrogen-bond acceptors (Lipinski definition) is 3. The molecule has 1 N–H and O–H groups in total. The third kappa shape index (κ3) is 2.32. The van der Waals surface area contributed by atoms with E-state index in [2.05, 4.69) is 17.1 Å². The summed E-state index contributed by atoms with van der Waals surface area (Å²) in [5.74, 6) is 0.565. The summed E-state index contributed by atoms with van der Waals surface area (Å²) in [5, 5.41) is 13.5. The van der Waals surface area contributed by atoms with Gasteiger partial charge >= 0.3 is 0 Å². The van der Waals surface area contributed by atoms with Gasteiger partial charge in [0, 0.05) is 24.2 Å². The molecule has 3 rings (SSSR count). The van der Waals surface area contributed by atoms with E-state index in [-0.39, 0.29) is 5.92 Å². The Labute approximate surface area is 129 Å². The van der Waals surface area contributed by atoms with Crippen LogP contribution in [0.4, 0.5) is 0 Å². The Hall–Kier alpha value is -0.770. The van der Waals surface area contributed by atoms with Gasteiger partial charge in [0.1, 0.15) is 0 Å². The number of halogens is 2. The van der Waals surface area contributed by atoms with Crippen molar-refractivity contribution in [3.63, 3.8) is 0 Å². The average Bonchev–Trinajstić information content (AvgIpc) is 2.67. The second-order valence-corrected chi connectivity index (χ2v) is 6.64. The highest BCUT2D eigenvalue weighted by molar-refractivity contribution is 6.42. The molecule has 20 heavy (non-hydrogen) atoms. The van der Waals surface area contributed by atoms with Gasteiger partial charge in [0.25, 0.3) is 0 Å². The highest BCUT2D eigenvalue weighted by atomic mass is 35.5. The fraction of sp³-hybridized carbons (Fsp3) is 0.533. The molecule has 2 saturated heterocycles. The number of hydrogen-bond donors (Lipinski definition) is 1. The lowest BCUT2D eigenvalue weighted by Gasteiger charge is -2.41. The summed E-state index contributed by atoms with van der Waals surface area (Å²) in [6.45, 7) is 0. The first kappa shape index (κ1) is 14.2. The van der Waals surface area contributed by atoms with Crippen LogP contribution >= 0.6 is 23.2 Å². The van der Waals surface area contributed by atoms with Crippen LogP contribution in [0.2, 0.25) is 10.0 Å². The minimum Gasteiger partial charge on any atom is -0.411 e. The Morgan fingerprint density at radius 1 is 1.30 bits per heavy atom. The van der Waals surface area contributed by atoms with Crippen molar-refractivity contribution in [1.82, 2.24) is 4.90 Å². The zero-order valence-corrected chi connectivity index (χ0v) is 12.8. The molecule has 0 amide bonds. The maximum Gasteiger partial charge on any atom is 0.0595 e. The van der Waals surface area contributed by atoms with Gasteiger partial charge in [-0.25, -0.2) is 0 Å². The predicted octanol–water partition coefficient (Wildman–Crippen LogP) is 4.02. The van der Waals surface area contributed by atoms with Gasteiger partial charge in [-0.2, -0.15) is 0 Å². The maximum absolute atomic E-state index is 9.00. The minimum atomic E-state index is 0.223. The van der Waals surface area contributed by atoms with Gasteiger partial charge in [0.2, 0.25) is 0 Å². The molecular weight excluding hydrogens is 295 g/mol. The van der Waals surface area contributed by atoms with Crippen LogP contribution in [0.25, 0.3) is 0 Å². The molecule has 0 radical (unpaired) electrons. The van der Waals surface area contributed by atoms with Crippen LogP contribution in [-0.4, -0.2) is 35.5 Å². The molecule has 4 atom stereocenters. The molecule has 5 heteroatoms. The maximum atomic E-state index is 9.00. The monoisotopic (exact) mass is 312 g/mol. The van der Waals surface area contributed by atoms with Crippen molar-refractivity contribution in [1.29, 1.82) is 0 Å². The van der Waals surface area contributed by atoms with Crippen molar-refractivity contribution in [2.75, 3.05) is 7.05 Å². The van der Waals surface area contributed by atoms with Crippen molar-refractivity contribution in [2.45, 2.75) is 37.3 Å². The molecule has 2 bridgehead atoms. The van der Waals surface area contributed by atoms with Crippen LogP contribution in [0, 0.1) is 5.92 Å². The molecule has 2 unspecified atom stereocenters. The summed E-state index contributed by atoms with van der Waals surface area (Å²) in [6, 6.07) is 6.92. The van der Waals surface area contributed by atoms with Crippen molar-refractivity contribution >= 4 is 29.4 Å². The molecule has 2 aliphatic heterocycles. The van der Waals surface area contributed by atoms with E-state index in [0.717, 1.165) is 12.8 Å². The van der Waals surface area contributed by atoms with Crippen molar-refractivity contribution < 1.29 is 5.21 Å². The third-order valence-electron chi connectivity index (χ3n) is 4.94. The largest absolute Gasteiger partial charge is 0.411 e. The van der Waals surface area contributed by atoms with Crippen LogP contribution in [0.1, 0.15) is 30.7 Å². The Balaban J connectivity index is 1.96. The summed E-state index contributed by atoms with van der Waals surface area (Å²) < 4.78 is 0. The molecule has 0 spiro atoms. The van der Waals surface area contributed by atoms with E-state index < -0.39 is 0 Å². The molecule has 2 aliphatic rings. The van der Waals surface area contributed by atoms with Crippen LogP contribution in [0.15, 0.2) is 23.4 Å². The number of nitrogens with zero attached hydrogens (tertiary/aromatic N) is 2. The van der Waals surface area contributed by atoms with E-state index in [9.17, 15) is 0 Å². The fourth-order valence-electron chi connectivity index (χ4n) is 3.89. The number of fused-ring (bicyclic) bond motifs is 2. The van der Waals surface area contributed by atoms with E-state index in [1.54, 1.807) is 6.21 Å². The highest BCUT2D eigenvalue weighted by Gasteiger charge is 2.45. The average molecular weight is 313 g/mol. The number of benzene rings is 1. The van der Waals surface area contributed by atoms with E-state index in [4.69, 9.17) is 28.4 Å². The molecule has 2 heterocycles. The second-order valence-electron chi connectivity index (χ2n) is 5.82. The summed E-state index contributed by atoms with van der Waals surface area (Å²) in [4.78, 5) is 2.43. The highest BCUT2D eigenvalue weighted by Crippen LogP contribution is 2.46. The Morgan fingerprint density at radius 2 is 2.10 bits per heavy atom. The molecular formula is C15H18Cl2N2O. The number of oxime groups is 1. The van der Waals surface area contributed by atoms with Crippen LogP contribution in [0.5, 0.6) is 0 Å². The van der Waals surface area contributed by atoms with Crippen molar-refractivity contribution in [3.8, 4) is 0 Å². The molecule has 0 aromatic heterocycles. The van der Waals surface area contributed by atoms with E-state index in [0.29, 0.717) is 28.0 Å². The first-order chi connectivity index (χ1) is 9.61. The normalized spacial score (nSPS) is 34.0. The lowest BCUT2D eigenvalue weighted by molar-refractivity contribution is 0.133. The predicted molar refractivity (Wildman–Crippen MR) is 82.2 cm³/mol. The first-order valence-corrected chi connectivity index (χ1v) is 7.72. The van der Waals surface area contributed by atoms with E-state index >= 15 is 0 Å². The topological polar surface area (TPSA) is 35.8 Å². The molecule has 2 fully saturated rings. The molecule has 3 nitrogen and oxygen atoms in total. The smallest absolute Gasteiger partial charge is 0.0595 e. The second kappa shape index (κ2) is 5.55. The quantitative estimate of drug-likeness (QED) is 0.508. The Bertz CT molecular complexity index is 535. The first-order valence-electron chi connectivity index (χ1n) is 6.96. The van der Waals surface area contributed by atoms with Gasteiger partial charge in [0.15, 0.2) is 0 Å². The SMILES string of the molecule is CN1[C@H]2CC[C@@H]1C(/C=N\O)C(c1ccc(Cl)c(Cl)c1)C2. The van der Waals surface area contributed by atoms with Crippen LogP contribution in [-0.2, 0) is 0 Å². The molecule has 0 aliphatic carbocycles. The number of piperidine rings is 1. The third-order valence-corrected chi connectivity index (χ3v) is 5.68. The van der Waals surface area contributed by atoms with Crippen LogP contribution < -0.4 is 0 Å². The summed E-state index contributed by atoms with van der Waals surface area (Å²) in [7, 11) is 2.17. The van der Waals surface area contributed by atoms with E-state index in [1.165, 1.54) is 12.0 Å². The van der Waals surface area contributed by atoms with Gasteiger partial charge in [-0.1, -0.05) is 29.3 Å². The van der Waals surface area contributed by atoms with Gasteiger partial charge in [-0.05, 0) is 49.9 Å². The van der Waals surface area contributed by atoms with E-state index in [1.807, 2.05) is 18.2 Å². The molecule has 1 aromatic carbocycles. The van der Waals surface area contributed by atoms with Crippen LogP contribution in [0.3, 0.4) is 0 Å². The summed E-state index contributed by atoms with van der Waals surface area (Å²) in [5.41, 5.74) is 1.19. The van der Waals surface area contributed by atoms with Gasteiger partial charge in [-0.15, -0.1) is 5.16 Å². The summed E-state index contributed by atoms with van der Waals surface area (Å²) >= 11 is 12.2. The fourth-order valence-corrected chi connectivity index (χ4v) is 4.20. The lowest BCUT2D eigenvalue weighted by Crippen LogP contribution is -2.46. The zero-order valence-electron chi connectivity index (χ0n) is 11.3. The molecule has 0 saturated carbocycles. The van der Waals surface area contributed by atoms with Gasteiger partial charge in [0.05, 0.1) is 10.0 Å². The Morgan fingerprint density at radius 3 is 2.80 bits per heavy atom. The number of rotatable bonds is 2. The van der Waals surface area contributed by atoms with Crippen molar-refractivity contribution in [3.05, 3.63) is 33.8 Å².